The van der Waals surface area contributed by atoms with Crippen LogP contribution in [0.5, 0.6) is 0 Å². The maximum absolute atomic E-state index is 13.7. The summed E-state index contributed by atoms with van der Waals surface area (Å²) in [5.41, 5.74) is 1.17. The van der Waals surface area contributed by atoms with Crippen LogP contribution in [-0.4, -0.2) is 11.9 Å². The van der Waals surface area contributed by atoms with Gasteiger partial charge in [-0.25, -0.2) is 14.2 Å². The molecule has 0 bridgehead atoms. The predicted molar refractivity (Wildman–Crippen MR) is 86.2 cm³/mol. The smallest absolute Gasteiger partial charge is 0.363 e. The lowest BCUT2D eigenvalue weighted by Gasteiger charge is -1.99. The number of benzene rings is 2. The summed E-state index contributed by atoms with van der Waals surface area (Å²) in [6.07, 6.45) is 1.62. The Balaban J connectivity index is 1.96. The van der Waals surface area contributed by atoms with Crippen LogP contribution in [0.2, 0.25) is 0 Å². The molecule has 0 amide bonds. The number of aliphatic imine (C=N–C) groups is 1. The first-order chi connectivity index (χ1) is 10.1. The molecule has 0 spiro atoms. The Hall–Kier alpha value is -2.02. The lowest BCUT2D eigenvalue weighted by atomic mass is 10.2. The summed E-state index contributed by atoms with van der Waals surface area (Å²) in [5.74, 6) is -1.05. The van der Waals surface area contributed by atoms with Crippen LogP contribution in [0.25, 0.3) is 6.08 Å². The molecule has 1 heterocycles. The Labute approximate surface area is 134 Å². The van der Waals surface area contributed by atoms with Crippen molar-refractivity contribution >= 4 is 40.5 Å². The van der Waals surface area contributed by atoms with E-state index in [4.69, 9.17) is 4.74 Å². The van der Waals surface area contributed by atoms with Gasteiger partial charge in [-0.2, -0.15) is 0 Å². The van der Waals surface area contributed by atoms with Crippen LogP contribution in [0, 0.1) is 9.39 Å². The molecule has 0 aromatic heterocycles. The van der Waals surface area contributed by atoms with Gasteiger partial charge in [0.25, 0.3) is 0 Å². The summed E-state index contributed by atoms with van der Waals surface area (Å²) in [4.78, 5) is 15.9. The Kier molecular flexibility index (Phi) is 3.83. The second-order valence-electron chi connectivity index (χ2n) is 4.37. The minimum atomic E-state index is -0.577. The van der Waals surface area contributed by atoms with Gasteiger partial charge in [-0.3, -0.25) is 0 Å². The maximum atomic E-state index is 13.7. The fourth-order valence-electron chi connectivity index (χ4n) is 1.88. The topological polar surface area (TPSA) is 38.7 Å². The molecule has 21 heavy (non-hydrogen) atoms. The predicted octanol–water partition coefficient (Wildman–Crippen LogP) is 3.77. The number of carbonyl (C=O) groups is 1. The van der Waals surface area contributed by atoms with E-state index in [9.17, 15) is 9.18 Å². The molecule has 0 fully saturated rings. The summed E-state index contributed by atoms with van der Waals surface area (Å²) in [6, 6.07) is 13.6. The molecule has 104 valence electrons. The number of esters is 1. The van der Waals surface area contributed by atoms with Crippen LogP contribution in [0.1, 0.15) is 11.1 Å². The van der Waals surface area contributed by atoms with Crippen LogP contribution in [-0.2, 0) is 9.53 Å². The van der Waals surface area contributed by atoms with Crippen molar-refractivity contribution in [2.24, 2.45) is 4.99 Å². The van der Waals surface area contributed by atoms with Crippen molar-refractivity contribution in [1.82, 2.24) is 0 Å². The maximum Gasteiger partial charge on any atom is 0.363 e. The average Bonchev–Trinajstić information content (AvgIpc) is 2.83. The molecule has 0 atom stereocenters. The number of halogens is 2. The molecule has 3 nitrogen and oxygen atoms in total. The van der Waals surface area contributed by atoms with Gasteiger partial charge in [0, 0.05) is 3.57 Å². The van der Waals surface area contributed by atoms with E-state index in [0.717, 1.165) is 9.13 Å². The average molecular weight is 393 g/mol. The molecule has 0 saturated heterocycles. The Morgan fingerprint density at radius 3 is 2.52 bits per heavy atom. The first-order valence-corrected chi connectivity index (χ1v) is 7.24. The Bertz CT molecular complexity index is 766. The Morgan fingerprint density at radius 1 is 1.10 bits per heavy atom. The second-order valence-corrected chi connectivity index (χ2v) is 5.61. The number of ether oxygens (including phenoxy) is 1. The molecular weight excluding hydrogens is 384 g/mol. The molecule has 2 aromatic rings. The third-order valence-corrected chi connectivity index (χ3v) is 3.62. The molecule has 2 aromatic carbocycles. The zero-order valence-electron chi connectivity index (χ0n) is 10.7. The molecule has 0 N–H and O–H groups in total. The number of hydrogen-bond donors (Lipinski definition) is 0. The van der Waals surface area contributed by atoms with E-state index in [2.05, 4.69) is 27.6 Å². The Morgan fingerprint density at radius 2 is 1.81 bits per heavy atom. The quantitative estimate of drug-likeness (QED) is 0.443. The van der Waals surface area contributed by atoms with Crippen molar-refractivity contribution in [3.05, 3.63) is 74.7 Å². The van der Waals surface area contributed by atoms with Crippen molar-refractivity contribution in [2.75, 3.05) is 0 Å². The molecule has 1 aliphatic heterocycles. The van der Waals surface area contributed by atoms with E-state index >= 15 is 0 Å². The van der Waals surface area contributed by atoms with E-state index in [-0.39, 0.29) is 17.2 Å². The minimum absolute atomic E-state index is 0.00476. The summed E-state index contributed by atoms with van der Waals surface area (Å²) in [5, 5.41) is 0. The van der Waals surface area contributed by atoms with E-state index in [1.807, 2.05) is 24.3 Å². The van der Waals surface area contributed by atoms with E-state index < -0.39 is 11.8 Å². The molecule has 1 aliphatic rings. The second kappa shape index (κ2) is 5.77. The van der Waals surface area contributed by atoms with Gasteiger partial charge in [-0.05, 0) is 58.5 Å². The zero-order chi connectivity index (χ0) is 14.8. The summed E-state index contributed by atoms with van der Waals surface area (Å²) < 4.78 is 19.8. The first kappa shape index (κ1) is 13.9. The van der Waals surface area contributed by atoms with Crippen molar-refractivity contribution < 1.29 is 13.9 Å². The highest BCUT2D eigenvalue weighted by molar-refractivity contribution is 14.1. The number of cyclic esters (lactones) is 1. The minimum Gasteiger partial charge on any atom is -0.402 e. The van der Waals surface area contributed by atoms with Crippen molar-refractivity contribution in [2.45, 2.75) is 0 Å². The molecule has 0 radical (unpaired) electrons. The molecule has 0 saturated carbocycles. The fourth-order valence-corrected chi connectivity index (χ4v) is 2.24. The van der Waals surface area contributed by atoms with Crippen LogP contribution in [0.15, 0.2) is 59.2 Å². The SMILES string of the molecule is O=C1OC(c2ccccc2F)=NC1=Cc1ccc(I)cc1. The summed E-state index contributed by atoms with van der Waals surface area (Å²) >= 11 is 2.20. The third kappa shape index (κ3) is 3.02. The van der Waals surface area contributed by atoms with Crippen molar-refractivity contribution in [1.29, 1.82) is 0 Å². The van der Waals surface area contributed by atoms with Crippen molar-refractivity contribution in [3.8, 4) is 0 Å². The highest BCUT2D eigenvalue weighted by Crippen LogP contribution is 2.20. The van der Waals surface area contributed by atoms with Crippen LogP contribution >= 0.6 is 22.6 Å². The zero-order valence-corrected chi connectivity index (χ0v) is 12.9. The monoisotopic (exact) mass is 393 g/mol. The lowest BCUT2D eigenvalue weighted by Crippen LogP contribution is -2.07. The van der Waals surface area contributed by atoms with Gasteiger partial charge < -0.3 is 4.74 Å². The van der Waals surface area contributed by atoms with Gasteiger partial charge in [0.15, 0.2) is 5.70 Å². The molecule has 5 heteroatoms. The third-order valence-electron chi connectivity index (χ3n) is 2.90. The van der Waals surface area contributed by atoms with Crippen LogP contribution in [0.3, 0.4) is 0 Å². The summed E-state index contributed by atoms with van der Waals surface area (Å²) in [6.45, 7) is 0. The van der Waals surface area contributed by atoms with Gasteiger partial charge in [0.2, 0.25) is 5.90 Å². The van der Waals surface area contributed by atoms with Crippen LogP contribution in [0.4, 0.5) is 4.39 Å². The lowest BCUT2D eigenvalue weighted by molar-refractivity contribution is -0.129. The normalized spacial score (nSPS) is 16.0. The van der Waals surface area contributed by atoms with Gasteiger partial charge in [-0.15, -0.1) is 0 Å². The van der Waals surface area contributed by atoms with Crippen LogP contribution < -0.4 is 0 Å². The van der Waals surface area contributed by atoms with Gasteiger partial charge >= 0.3 is 5.97 Å². The van der Waals surface area contributed by atoms with Gasteiger partial charge in [0.1, 0.15) is 5.82 Å². The van der Waals surface area contributed by atoms with Gasteiger partial charge in [-0.1, -0.05) is 24.3 Å². The molecule has 0 unspecified atom stereocenters. The number of nitrogens with zero attached hydrogens (tertiary/aromatic N) is 1. The largest absolute Gasteiger partial charge is 0.402 e. The van der Waals surface area contributed by atoms with E-state index in [0.29, 0.717) is 0 Å². The molecular formula is C16H9FINO2. The van der Waals surface area contributed by atoms with Gasteiger partial charge in [0.05, 0.1) is 5.56 Å². The molecule has 3 rings (SSSR count). The summed E-state index contributed by atoms with van der Waals surface area (Å²) in [7, 11) is 0. The fraction of sp³-hybridized carbons (Fsp3) is 0. The standard InChI is InChI=1S/C16H9FINO2/c17-13-4-2-1-3-12(13)15-19-14(16(20)21-15)9-10-5-7-11(18)8-6-10/h1-9H. The number of hydrogen-bond acceptors (Lipinski definition) is 3. The number of rotatable bonds is 2. The number of carbonyl (C=O) groups excluding carboxylic acids is 1. The highest BCUT2D eigenvalue weighted by Gasteiger charge is 2.25. The van der Waals surface area contributed by atoms with E-state index in [1.165, 1.54) is 12.1 Å². The first-order valence-electron chi connectivity index (χ1n) is 6.16. The van der Waals surface area contributed by atoms with E-state index in [1.54, 1.807) is 18.2 Å². The highest BCUT2D eigenvalue weighted by atomic mass is 127. The van der Waals surface area contributed by atoms with Crippen molar-refractivity contribution in [3.63, 3.8) is 0 Å². The molecule has 0 aliphatic carbocycles.